The second-order valence-electron chi connectivity index (χ2n) is 4.50. The number of aliphatic hydroxyl groups excluding tert-OH is 1. The Morgan fingerprint density at radius 1 is 1.40 bits per heavy atom. The van der Waals surface area contributed by atoms with E-state index in [-0.39, 0.29) is 6.10 Å². The van der Waals surface area contributed by atoms with Crippen LogP contribution >= 0.6 is 0 Å². The van der Waals surface area contributed by atoms with Crippen molar-refractivity contribution in [2.75, 3.05) is 7.11 Å². The Labute approximate surface area is 90.9 Å². The maximum Gasteiger partial charge on any atom is 0.118 e. The standard InChI is InChI=1S/C13H18O2/c1-9-7-12(9)13(14)8-10-3-5-11(15-2)6-4-10/h3-6,9,12-14H,7-8H2,1-2H3. The maximum atomic E-state index is 9.91. The lowest BCUT2D eigenvalue weighted by atomic mass is 10.0. The van der Waals surface area contributed by atoms with Crippen molar-refractivity contribution in [3.05, 3.63) is 29.8 Å². The van der Waals surface area contributed by atoms with Gasteiger partial charge in [-0.3, -0.25) is 0 Å². The Bertz CT molecular complexity index is 318. The summed E-state index contributed by atoms with van der Waals surface area (Å²) in [5.41, 5.74) is 1.18. The van der Waals surface area contributed by atoms with Crippen molar-refractivity contribution in [1.29, 1.82) is 0 Å². The number of hydrogen-bond donors (Lipinski definition) is 1. The molecule has 1 aliphatic carbocycles. The van der Waals surface area contributed by atoms with Gasteiger partial charge < -0.3 is 9.84 Å². The molecular formula is C13H18O2. The fourth-order valence-electron chi connectivity index (χ4n) is 2.04. The summed E-state index contributed by atoms with van der Waals surface area (Å²) in [6, 6.07) is 7.93. The summed E-state index contributed by atoms with van der Waals surface area (Å²) in [7, 11) is 1.66. The van der Waals surface area contributed by atoms with Crippen LogP contribution in [0.4, 0.5) is 0 Å². The predicted molar refractivity (Wildman–Crippen MR) is 60.0 cm³/mol. The first-order valence-electron chi connectivity index (χ1n) is 5.51. The van der Waals surface area contributed by atoms with E-state index < -0.39 is 0 Å². The molecule has 0 heterocycles. The average molecular weight is 206 g/mol. The minimum absolute atomic E-state index is 0.173. The highest BCUT2D eigenvalue weighted by molar-refractivity contribution is 5.27. The van der Waals surface area contributed by atoms with Gasteiger partial charge in [0.15, 0.2) is 0 Å². The van der Waals surface area contributed by atoms with E-state index in [0.717, 1.165) is 12.2 Å². The van der Waals surface area contributed by atoms with Gasteiger partial charge in [-0.15, -0.1) is 0 Å². The summed E-state index contributed by atoms with van der Waals surface area (Å²) in [6.45, 7) is 2.20. The van der Waals surface area contributed by atoms with Crippen LogP contribution in [0.5, 0.6) is 5.75 Å². The zero-order valence-electron chi connectivity index (χ0n) is 9.31. The first-order valence-corrected chi connectivity index (χ1v) is 5.51. The van der Waals surface area contributed by atoms with Crippen LogP contribution < -0.4 is 4.74 Å². The van der Waals surface area contributed by atoms with Gasteiger partial charge in [0.25, 0.3) is 0 Å². The van der Waals surface area contributed by atoms with E-state index >= 15 is 0 Å². The van der Waals surface area contributed by atoms with Gasteiger partial charge in [-0.2, -0.15) is 0 Å². The van der Waals surface area contributed by atoms with Crippen LogP contribution in [0.25, 0.3) is 0 Å². The normalized spacial score (nSPS) is 26.1. The zero-order valence-corrected chi connectivity index (χ0v) is 9.31. The SMILES string of the molecule is COc1ccc(CC(O)C2CC2C)cc1. The smallest absolute Gasteiger partial charge is 0.118 e. The fraction of sp³-hybridized carbons (Fsp3) is 0.538. The van der Waals surface area contributed by atoms with Gasteiger partial charge in [-0.25, -0.2) is 0 Å². The molecule has 3 atom stereocenters. The van der Waals surface area contributed by atoms with E-state index in [0.29, 0.717) is 11.8 Å². The maximum absolute atomic E-state index is 9.91. The molecule has 1 N–H and O–H groups in total. The highest BCUT2D eigenvalue weighted by Crippen LogP contribution is 2.41. The zero-order chi connectivity index (χ0) is 10.8. The number of rotatable bonds is 4. The van der Waals surface area contributed by atoms with E-state index in [4.69, 9.17) is 4.74 Å². The molecule has 0 amide bonds. The van der Waals surface area contributed by atoms with Crippen molar-refractivity contribution in [2.45, 2.75) is 25.9 Å². The number of benzene rings is 1. The largest absolute Gasteiger partial charge is 0.497 e. The summed E-state index contributed by atoms with van der Waals surface area (Å²) in [6.07, 6.45) is 1.77. The number of hydrogen-bond acceptors (Lipinski definition) is 2. The molecule has 0 saturated heterocycles. The minimum Gasteiger partial charge on any atom is -0.497 e. The molecule has 0 aromatic heterocycles. The lowest BCUT2D eigenvalue weighted by Gasteiger charge is -2.10. The van der Waals surface area contributed by atoms with E-state index in [9.17, 15) is 5.11 Å². The number of aliphatic hydroxyl groups is 1. The molecule has 82 valence electrons. The average Bonchev–Trinajstić information content (AvgIpc) is 2.97. The van der Waals surface area contributed by atoms with Crippen molar-refractivity contribution in [1.82, 2.24) is 0 Å². The van der Waals surface area contributed by atoms with Crippen LogP contribution in [0.15, 0.2) is 24.3 Å². The minimum atomic E-state index is -0.173. The number of methoxy groups -OCH3 is 1. The van der Waals surface area contributed by atoms with E-state index in [2.05, 4.69) is 6.92 Å². The molecule has 2 rings (SSSR count). The Kier molecular flexibility index (Phi) is 2.96. The quantitative estimate of drug-likeness (QED) is 0.818. The molecule has 0 bridgehead atoms. The van der Waals surface area contributed by atoms with Crippen molar-refractivity contribution >= 4 is 0 Å². The second-order valence-corrected chi connectivity index (χ2v) is 4.50. The monoisotopic (exact) mass is 206 g/mol. The first kappa shape index (κ1) is 10.5. The highest BCUT2D eigenvalue weighted by Gasteiger charge is 2.38. The van der Waals surface area contributed by atoms with E-state index in [1.165, 1.54) is 12.0 Å². The highest BCUT2D eigenvalue weighted by atomic mass is 16.5. The molecule has 0 spiro atoms. The van der Waals surface area contributed by atoms with Crippen molar-refractivity contribution in [3.8, 4) is 5.75 Å². The Morgan fingerprint density at radius 3 is 2.47 bits per heavy atom. The van der Waals surface area contributed by atoms with Gasteiger partial charge in [0.05, 0.1) is 13.2 Å². The molecule has 1 fully saturated rings. The Morgan fingerprint density at radius 2 is 2.00 bits per heavy atom. The van der Waals surface area contributed by atoms with Crippen LogP contribution in [0, 0.1) is 11.8 Å². The lowest BCUT2D eigenvalue weighted by molar-refractivity contribution is 0.146. The fourth-order valence-corrected chi connectivity index (χ4v) is 2.04. The molecule has 2 heteroatoms. The number of ether oxygens (including phenoxy) is 1. The van der Waals surface area contributed by atoms with Crippen molar-refractivity contribution in [3.63, 3.8) is 0 Å². The van der Waals surface area contributed by atoms with E-state index in [1.807, 2.05) is 24.3 Å². The molecule has 2 nitrogen and oxygen atoms in total. The first-order chi connectivity index (χ1) is 7.20. The molecule has 1 aromatic carbocycles. The molecule has 3 unspecified atom stereocenters. The van der Waals surface area contributed by atoms with Crippen LogP contribution in [0.2, 0.25) is 0 Å². The van der Waals surface area contributed by atoms with Crippen LogP contribution in [0.3, 0.4) is 0 Å². The van der Waals surface area contributed by atoms with E-state index in [1.54, 1.807) is 7.11 Å². The van der Waals surface area contributed by atoms with Crippen molar-refractivity contribution < 1.29 is 9.84 Å². The molecule has 15 heavy (non-hydrogen) atoms. The van der Waals surface area contributed by atoms with Crippen LogP contribution in [-0.2, 0) is 6.42 Å². The topological polar surface area (TPSA) is 29.5 Å². The third-order valence-corrected chi connectivity index (χ3v) is 3.27. The molecule has 0 aliphatic heterocycles. The molecular weight excluding hydrogens is 188 g/mol. The Balaban J connectivity index is 1.92. The van der Waals surface area contributed by atoms with Crippen LogP contribution in [0.1, 0.15) is 18.9 Å². The summed E-state index contributed by atoms with van der Waals surface area (Å²) in [4.78, 5) is 0. The lowest BCUT2D eigenvalue weighted by Crippen LogP contribution is -2.13. The predicted octanol–water partition coefficient (Wildman–Crippen LogP) is 2.25. The van der Waals surface area contributed by atoms with Gasteiger partial charge in [-0.1, -0.05) is 19.1 Å². The van der Waals surface area contributed by atoms with Gasteiger partial charge >= 0.3 is 0 Å². The summed E-state index contributed by atoms with van der Waals surface area (Å²) in [5, 5.41) is 9.91. The molecule has 1 aromatic rings. The van der Waals surface area contributed by atoms with Gasteiger partial charge in [0, 0.05) is 0 Å². The molecule has 1 saturated carbocycles. The third-order valence-electron chi connectivity index (χ3n) is 3.27. The third kappa shape index (κ3) is 2.51. The summed E-state index contributed by atoms with van der Waals surface area (Å²) >= 11 is 0. The molecule has 0 radical (unpaired) electrons. The van der Waals surface area contributed by atoms with Gasteiger partial charge in [-0.05, 0) is 42.4 Å². The molecule has 1 aliphatic rings. The Hall–Kier alpha value is -1.02. The van der Waals surface area contributed by atoms with Gasteiger partial charge in [0.2, 0.25) is 0 Å². The van der Waals surface area contributed by atoms with Crippen molar-refractivity contribution in [2.24, 2.45) is 11.8 Å². The summed E-state index contributed by atoms with van der Waals surface area (Å²) in [5.74, 6) is 2.10. The van der Waals surface area contributed by atoms with Gasteiger partial charge in [0.1, 0.15) is 5.75 Å². The second kappa shape index (κ2) is 4.23. The summed E-state index contributed by atoms with van der Waals surface area (Å²) < 4.78 is 5.09. The van der Waals surface area contributed by atoms with Crippen LogP contribution in [-0.4, -0.2) is 18.3 Å².